The number of hydrogen-bond acceptors (Lipinski definition) is 2. The van der Waals surface area contributed by atoms with Gasteiger partial charge in [0.25, 0.3) is 5.91 Å². The first-order valence-corrected chi connectivity index (χ1v) is 9.62. The summed E-state index contributed by atoms with van der Waals surface area (Å²) in [6.45, 7) is 0.985. The molecule has 1 aromatic heterocycles. The minimum atomic E-state index is -4.41. The van der Waals surface area contributed by atoms with E-state index in [0.29, 0.717) is 5.56 Å². The van der Waals surface area contributed by atoms with Gasteiger partial charge in [-0.2, -0.15) is 13.2 Å². The van der Waals surface area contributed by atoms with Crippen molar-refractivity contribution >= 4 is 5.91 Å². The lowest BCUT2D eigenvalue weighted by Gasteiger charge is -2.23. The molecule has 0 aliphatic carbocycles. The molecule has 0 bridgehead atoms. The van der Waals surface area contributed by atoms with E-state index in [9.17, 15) is 22.4 Å². The van der Waals surface area contributed by atoms with Crippen molar-refractivity contribution in [1.29, 1.82) is 0 Å². The first-order valence-electron chi connectivity index (χ1n) is 9.62. The fraction of sp³-hybridized carbons (Fsp3) is 0.261. The molecule has 3 aromatic rings. The number of aromatic nitrogens is 1. The predicted octanol–water partition coefficient (Wildman–Crippen LogP) is 4.98. The van der Waals surface area contributed by atoms with E-state index >= 15 is 0 Å². The summed E-state index contributed by atoms with van der Waals surface area (Å²) in [4.78, 5) is 14.4. The van der Waals surface area contributed by atoms with Crippen LogP contribution in [0.1, 0.15) is 27.2 Å². The summed E-state index contributed by atoms with van der Waals surface area (Å²) in [6, 6.07) is 14.1. The van der Waals surface area contributed by atoms with Gasteiger partial charge in [-0.25, -0.2) is 4.39 Å². The summed E-state index contributed by atoms with van der Waals surface area (Å²) >= 11 is 0. The van der Waals surface area contributed by atoms with Gasteiger partial charge in [0.1, 0.15) is 5.82 Å². The zero-order chi connectivity index (χ0) is 22.4. The summed E-state index contributed by atoms with van der Waals surface area (Å²) in [5, 5.41) is 0. The predicted molar refractivity (Wildman–Crippen MR) is 108 cm³/mol. The number of halogens is 4. The average Bonchev–Trinajstić information content (AvgIpc) is 3.16. The largest absolute Gasteiger partial charge is 0.416 e. The molecule has 0 saturated heterocycles. The maximum Gasteiger partial charge on any atom is 0.416 e. The van der Waals surface area contributed by atoms with Crippen molar-refractivity contribution in [3.8, 4) is 0 Å². The van der Waals surface area contributed by atoms with Crippen LogP contribution >= 0.6 is 0 Å². The van der Waals surface area contributed by atoms with E-state index in [1.165, 1.54) is 42.3 Å². The van der Waals surface area contributed by atoms with Crippen LogP contribution in [0.3, 0.4) is 0 Å². The summed E-state index contributed by atoms with van der Waals surface area (Å²) in [6.07, 6.45) is -2.67. The highest BCUT2D eigenvalue weighted by atomic mass is 19.4. The maximum atomic E-state index is 13.6. The number of hydrogen-bond donors (Lipinski definition) is 0. The molecule has 1 heterocycles. The van der Waals surface area contributed by atoms with Crippen molar-refractivity contribution in [3.05, 3.63) is 95.1 Å². The van der Waals surface area contributed by atoms with Crippen molar-refractivity contribution in [3.63, 3.8) is 0 Å². The molecule has 4 nitrogen and oxygen atoms in total. The van der Waals surface area contributed by atoms with Crippen LogP contribution < -0.4 is 0 Å². The third kappa shape index (κ3) is 5.95. The summed E-state index contributed by atoms with van der Waals surface area (Å²) in [5.74, 6) is -0.867. The van der Waals surface area contributed by atoms with Crippen molar-refractivity contribution < 1.29 is 27.1 Å². The summed E-state index contributed by atoms with van der Waals surface area (Å²) in [7, 11) is 1.52. The lowest BCUT2D eigenvalue weighted by molar-refractivity contribution is -0.137. The Morgan fingerprint density at radius 1 is 1.06 bits per heavy atom. The number of amides is 1. The minimum Gasteiger partial charge on any atom is -0.383 e. The van der Waals surface area contributed by atoms with E-state index in [0.717, 1.165) is 17.8 Å². The van der Waals surface area contributed by atoms with Crippen LogP contribution in [0.5, 0.6) is 0 Å². The highest BCUT2D eigenvalue weighted by Crippen LogP contribution is 2.29. The van der Waals surface area contributed by atoms with Gasteiger partial charge in [-0.15, -0.1) is 0 Å². The maximum absolute atomic E-state index is 13.6. The molecule has 3 rings (SSSR count). The van der Waals surface area contributed by atoms with Gasteiger partial charge in [-0.1, -0.05) is 18.2 Å². The standard InChI is InChI=1S/C23H22F4N2O2/c1-31-12-11-29(22(30)18-6-3-8-20(24)14-18)16-21-9-4-10-28(21)15-17-5-2-7-19(13-17)23(25,26)27/h2-10,13-14H,11-12,15-16H2,1H3. The number of benzene rings is 2. The fourth-order valence-electron chi connectivity index (χ4n) is 3.24. The molecule has 0 spiro atoms. The van der Waals surface area contributed by atoms with Crippen LogP contribution in [-0.2, 0) is 24.0 Å². The van der Waals surface area contributed by atoms with Gasteiger partial charge in [0.05, 0.1) is 18.7 Å². The third-order valence-electron chi connectivity index (χ3n) is 4.81. The van der Waals surface area contributed by atoms with Gasteiger partial charge < -0.3 is 14.2 Å². The first-order chi connectivity index (χ1) is 14.8. The monoisotopic (exact) mass is 434 g/mol. The van der Waals surface area contributed by atoms with Crippen LogP contribution in [0.25, 0.3) is 0 Å². The Morgan fingerprint density at radius 3 is 2.55 bits per heavy atom. The minimum absolute atomic E-state index is 0.199. The number of carbonyl (C=O) groups is 1. The Bertz CT molecular complexity index is 1030. The van der Waals surface area contributed by atoms with Gasteiger partial charge in [0.2, 0.25) is 0 Å². The fourth-order valence-corrected chi connectivity index (χ4v) is 3.24. The normalized spacial score (nSPS) is 11.5. The molecule has 0 radical (unpaired) electrons. The molecule has 0 unspecified atom stereocenters. The Balaban J connectivity index is 1.81. The molecular formula is C23H22F4N2O2. The average molecular weight is 434 g/mol. The number of nitrogens with zero attached hydrogens (tertiary/aromatic N) is 2. The number of ether oxygens (including phenoxy) is 1. The lowest BCUT2D eigenvalue weighted by atomic mass is 10.1. The van der Waals surface area contributed by atoms with Gasteiger partial charge in [0.15, 0.2) is 0 Å². The van der Waals surface area contributed by atoms with Gasteiger partial charge in [-0.3, -0.25) is 4.79 Å². The van der Waals surface area contributed by atoms with Crippen molar-refractivity contribution in [1.82, 2.24) is 9.47 Å². The first kappa shape index (κ1) is 22.6. The molecule has 0 fully saturated rings. The lowest BCUT2D eigenvalue weighted by Crippen LogP contribution is -2.34. The molecule has 0 aliphatic heterocycles. The molecule has 1 amide bonds. The van der Waals surface area contributed by atoms with Gasteiger partial charge in [-0.05, 0) is 48.0 Å². The Kier molecular flexibility index (Phi) is 7.12. The molecule has 2 aromatic carbocycles. The van der Waals surface area contributed by atoms with Crippen molar-refractivity contribution in [2.45, 2.75) is 19.3 Å². The summed E-state index contributed by atoms with van der Waals surface area (Å²) in [5.41, 5.74) is 0.735. The zero-order valence-corrected chi connectivity index (χ0v) is 16.9. The third-order valence-corrected chi connectivity index (χ3v) is 4.81. The second kappa shape index (κ2) is 9.78. The molecule has 8 heteroatoms. The van der Waals surface area contributed by atoms with Crippen molar-refractivity contribution in [2.24, 2.45) is 0 Å². The number of methoxy groups -OCH3 is 1. The quantitative estimate of drug-likeness (QED) is 0.469. The van der Waals surface area contributed by atoms with E-state index in [-0.39, 0.29) is 37.7 Å². The highest BCUT2D eigenvalue weighted by Gasteiger charge is 2.30. The highest BCUT2D eigenvalue weighted by molar-refractivity contribution is 5.94. The molecule has 0 atom stereocenters. The van der Waals surface area contributed by atoms with E-state index in [1.54, 1.807) is 29.0 Å². The van der Waals surface area contributed by atoms with E-state index < -0.39 is 17.6 Å². The smallest absolute Gasteiger partial charge is 0.383 e. The molecule has 164 valence electrons. The van der Waals surface area contributed by atoms with Crippen LogP contribution in [0, 0.1) is 5.82 Å². The second-order valence-corrected chi connectivity index (χ2v) is 7.06. The Hall–Kier alpha value is -3.13. The number of rotatable bonds is 8. The van der Waals surface area contributed by atoms with Crippen LogP contribution in [-0.4, -0.2) is 35.6 Å². The van der Waals surface area contributed by atoms with Crippen molar-refractivity contribution in [2.75, 3.05) is 20.3 Å². The summed E-state index contributed by atoms with van der Waals surface area (Å²) < 4.78 is 59.5. The molecule has 31 heavy (non-hydrogen) atoms. The number of carbonyl (C=O) groups excluding carboxylic acids is 1. The Labute approximate surface area is 177 Å². The molecular weight excluding hydrogens is 412 g/mol. The second-order valence-electron chi connectivity index (χ2n) is 7.06. The molecule has 0 aliphatic rings. The zero-order valence-electron chi connectivity index (χ0n) is 16.9. The van der Waals surface area contributed by atoms with Crippen LogP contribution in [0.2, 0.25) is 0 Å². The molecule has 0 saturated carbocycles. The van der Waals surface area contributed by atoms with E-state index in [1.807, 2.05) is 0 Å². The van der Waals surface area contributed by atoms with Crippen LogP contribution in [0.15, 0.2) is 66.9 Å². The Morgan fingerprint density at radius 2 is 1.84 bits per heavy atom. The SMILES string of the molecule is COCCN(Cc1cccn1Cc1cccc(C(F)(F)F)c1)C(=O)c1cccc(F)c1. The van der Waals surface area contributed by atoms with E-state index in [2.05, 4.69) is 0 Å². The molecule has 0 N–H and O–H groups in total. The van der Waals surface area contributed by atoms with Gasteiger partial charge in [0, 0.05) is 37.7 Å². The number of alkyl halides is 3. The van der Waals surface area contributed by atoms with E-state index in [4.69, 9.17) is 4.74 Å². The van der Waals surface area contributed by atoms with Crippen LogP contribution in [0.4, 0.5) is 17.6 Å². The topological polar surface area (TPSA) is 34.5 Å². The van der Waals surface area contributed by atoms with Gasteiger partial charge >= 0.3 is 6.18 Å².